The molecule has 1 aromatic rings. The molecule has 4 heteroatoms. The number of hydrogen-bond donors (Lipinski definition) is 1. The van der Waals surface area contributed by atoms with Crippen LogP contribution >= 0.6 is 0 Å². The van der Waals surface area contributed by atoms with Crippen molar-refractivity contribution >= 4 is 11.8 Å². The molecular formula is C10H14N2O2. The summed E-state index contributed by atoms with van der Waals surface area (Å²) in [6.45, 7) is 5.80. The Labute approximate surface area is 83.0 Å². The zero-order valence-electron chi connectivity index (χ0n) is 8.57. The third-order valence-electron chi connectivity index (χ3n) is 1.68. The molecule has 4 nitrogen and oxygen atoms in total. The topological polar surface area (TPSA) is 55.1 Å². The number of aromatic nitrogens is 1. The van der Waals surface area contributed by atoms with E-state index in [1.54, 1.807) is 19.1 Å². The van der Waals surface area contributed by atoms with Crippen molar-refractivity contribution in [2.45, 2.75) is 26.7 Å². The molecule has 0 atom stereocenters. The number of carbonyl (C=O) groups is 1. The van der Waals surface area contributed by atoms with Crippen molar-refractivity contribution in [1.29, 1.82) is 0 Å². The Balaban J connectivity index is 2.64. The second kappa shape index (κ2) is 4.60. The van der Waals surface area contributed by atoms with E-state index in [0.29, 0.717) is 11.8 Å². The number of hydrogen-bond acceptors (Lipinski definition) is 3. The summed E-state index contributed by atoms with van der Waals surface area (Å²) in [6.07, 6.45) is 3.09. The lowest BCUT2D eigenvalue weighted by Crippen LogP contribution is -2.06. The van der Waals surface area contributed by atoms with E-state index in [2.05, 4.69) is 10.5 Å². The predicted molar refractivity (Wildman–Crippen MR) is 54.0 cm³/mol. The van der Waals surface area contributed by atoms with Crippen molar-refractivity contribution in [3.8, 4) is 0 Å². The Bertz CT molecular complexity index is 340. The van der Waals surface area contributed by atoms with Crippen LogP contribution in [-0.4, -0.2) is 11.1 Å². The van der Waals surface area contributed by atoms with Crippen molar-refractivity contribution in [1.82, 2.24) is 5.16 Å². The van der Waals surface area contributed by atoms with Gasteiger partial charge in [-0.05, 0) is 18.9 Å². The highest BCUT2D eigenvalue weighted by Gasteiger charge is 2.08. The van der Waals surface area contributed by atoms with Crippen molar-refractivity contribution in [2.75, 3.05) is 5.32 Å². The van der Waals surface area contributed by atoms with Crippen molar-refractivity contribution in [3.63, 3.8) is 0 Å². The number of amides is 1. The summed E-state index contributed by atoms with van der Waals surface area (Å²) >= 11 is 0. The Kier molecular flexibility index (Phi) is 3.45. The highest BCUT2D eigenvalue weighted by atomic mass is 16.5. The molecule has 0 aliphatic heterocycles. The van der Waals surface area contributed by atoms with Crippen LogP contribution in [-0.2, 0) is 4.79 Å². The average molecular weight is 194 g/mol. The molecule has 1 N–H and O–H groups in total. The number of rotatable bonds is 3. The van der Waals surface area contributed by atoms with E-state index in [1.165, 1.54) is 6.08 Å². The first-order valence-electron chi connectivity index (χ1n) is 4.53. The van der Waals surface area contributed by atoms with Gasteiger partial charge in [0.25, 0.3) is 0 Å². The molecule has 0 spiro atoms. The predicted octanol–water partition coefficient (Wildman–Crippen LogP) is 2.31. The maximum Gasteiger partial charge on any atom is 0.250 e. The summed E-state index contributed by atoms with van der Waals surface area (Å²) in [6, 6.07) is 1.73. The third-order valence-corrected chi connectivity index (χ3v) is 1.68. The van der Waals surface area contributed by atoms with Gasteiger partial charge in [0.15, 0.2) is 0 Å². The maximum atomic E-state index is 11.1. The molecule has 0 bridgehead atoms. The van der Waals surface area contributed by atoms with Gasteiger partial charge < -0.3 is 4.52 Å². The summed E-state index contributed by atoms with van der Waals surface area (Å²) in [7, 11) is 0. The molecule has 0 radical (unpaired) electrons. The van der Waals surface area contributed by atoms with Gasteiger partial charge in [-0.2, -0.15) is 0 Å². The number of allylic oxidation sites excluding steroid dienone is 1. The Hall–Kier alpha value is -1.58. The van der Waals surface area contributed by atoms with Crippen LogP contribution in [0.25, 0.3) is 0 Å². The second-order valence-corrected chi connectivity index (χ2v) is 3.26. The zero-order chi connectivity index (χ0) is 10.6. The maximum absolute atomic E-state index is 11.1. The first-order chi connectivity index (χ1) is 6.63. The van der Waals surface area contributed by atoms with E-state index in [-0.39, 0.29) is 5.91 Å². The molecule has 0 fully saturated rings. The highest BCUT2D eigenvalue weighted by Crippen LogP contribution is 2.17. The zero-order valence-corrected chi connectivity index (χ0v) is 8.57. The van der Waals surface area contributed by atoms with Crippen LogP contribution in [0.3, 0.4) is 0 Å². The summed E-state index contributed by atoms with van der Waals surface area (Å²) in [4.78, 5) is 11.1. The summed E-state index contributed by atoms with van der Waals surface area (Å²) < 4.78 is 4.93. The van der Waals surface area contributed by atoms with Crippen molar-refractivity contribution in [3.05, 3.63) is 23.9 Å². The van der Waals surface area contributed by atoms with Gasteiger partial charge in [0.05, 0.1) is 5.69 Å². The van der Waals surface area contributed by atoms with Gasteiger partial charge in [0, 0.05) is 6.07 Å². The normalized spacial score (nSPS) is 11.1. The fraction of sp³-hybridized carbons (Fsp3) is 0.400. The minimum Gasteiger partial charge on any atom is -0.338 e. The molecule has 14 heavy (non-hydrogen) atoms. The van der Waals surface area contributed by atoms with Gasteiger partial charge in [-0.15, -0.1) is 0 Å². The van der Waals surface area contributed by atoms with Crippen LogP contribution in [0.2, 0.25) is 0 Å². The summed E-state index contributed by atoms with van der Waals surface area (Å²) in [5, 5.41) is 6.38. The largest absolute Gasteiger partial charge is 0.338 e. The van der Waals surface area contributed by atoms with E-state index in [9.17, 15) is 4.79 Å². The molecule has 0 saturated heterocycles. The molecule has 1 rings (SSSR count). The molecule has 0 unspecified atom stereocenters. The van der Waals surface area contributed by atoms with E-state index in [1.807, 2.05) is 13.8 Å². The molecule has 0 saturated carbocycles. The van der Waals surface area contributed by atoms with E-state index in [4.69, 9.17) is 4.52 Å². The first kappa shape index (κ1) is 10.5. The minimum atomic E-state index is -0.209. The molecule has 1 aromatic heterocycles. The quantitative estimate of drug-likeness (QED) is 0.751. The average Bonchev–Trinajstić information content (AvgIpc) is 2.53. The molecule has 0 aliphatic rings. The van der Waals surface area contributed by atoms with Gasteiger partial charge in [-0.3, -0.25) is 10.1 Å². The summed E-state index contributed by atoms with van der Waals surface area (Å²) in [5.74, 6) is 0.474. The van der Waals surface area contributed by atoms with Crippen molar-refractivity contribution in [2.24, 2.45) is 0 Å². The van der Waals surface area contributed by atoms with Crippen LogP contribution in [0.1, 0.15) is 32.4 Å². The fourth-order valence-corrected chi connectivity index (χ4v) is 0.934. The van der Waals surface area contributed by atoms with Gasteiger partial charge in [0.1, 0.15) is 0 Å². The molecule has 76 valence electrons. The molecular weight excluding hydrogens is 180 g/mol. The Morgan fingerprint density at radius 2 is 2.36 bits per heavy atom. The lowest BCUT2D eigenvalue weighted by molar-refractivity contribution is -0.112. The van der Waals surface area contributed by atoms with Crippen LogP contribution in [0.5, 0.6) is 0 Å². The molecule has 1 amide bonds. The lowest BCUT2D eigenvalue weighted by atomic mass is 10.1. The van der Waals surface area contributed by atoms with E-state index < -0.39 is 0 Å². The third kappa shape index (κ3) is 2.73. The number of anilines is 1. The van der Waals surface area contributed by atoms with Crippen LogP contribution in [0.15, 0.2) is 22.7 Å². The van der Waals surface area contributed by atoms with Crippen LogP contribution in [0, 0.1) is 0 Å². The number of nitrogens with zero attached hydrogens (tertiary/aromatic N) is 1. The van der Waals surface area contributed by atoms with Gasteiger partial charge in [-0.25, -0.2) is 0 Å². The van der Waals surface area contributed by atoms with E-state index in [0.717, 1.165) is 5.69 Å². The van der Waals surface area contributed by atoms with Crippen LogP contribution < -0.4 is 5.32 Å². The van der Waals surface area contributed by atoms with Crippen LogP contribution in [0.4, 0.5) is 5.88 Å². The SMILES string of the molecule is CC=CC(=O)Nc1cc(C(C)C)no1. The lowest BCUT2D eigenvalue weighted by Gasteiger charge is -1.94. The fourth-order valence-electron chi connectivity index (χ4n) is 0.934. The Morgan fingerprint density at radius 1 is 1.64 bits per heavy atom. The van der Waals surface area contributed by atoms with E-state index >= 15 is 0 Å². The second-order valence-electron chi connectivity index (χ2n) is 3.26. The highest BCUT2D eigenvalue weighted by molar-refractivity contribution is 5.98. The van der Waals surface area contributed by atoms with Gasteiger partial charge in [0.2, 0.25) is 11.8 Å². The molecule has 0 aliphatic carbocycles. The first-order valence-corrected chi connectivity index (χ1v) is 4.53. The van der Waals surface area contributed by atoms with Gasteiger partial charge in [-0.1, -0.05) is 25.1 Å². The van der Waals surface area contributed by atoms with Crippen molar-refractivity contribution < 1.29 is 9.32 Å². The smallest absolute Gasteiger partial charge is 0.250 e. The summed E-state index contributed by atoms with van der Waals surface area (Å²) in [5.41, 5.74) is 0.834. The molecule has 1 heterocycles. The van der Waals surface area contributed by atoms with Gasteiger partial charge >= 0.3 is 0 Å². The Morgan fingerprint density at radius 3 is 2.86 bits per heavy atom. The number of carbonyl (C=O) groups excluding carboxylic acids is 1. The monoisotopic (exact) mass is 194 g/mol. The molecule has 0 aromatic carbocycles. The minimum absolute atomic E-state index is 0.209. The standard InChI is InChI=1S/C10H14N2O2/c1-4-5-9(13)11-10-6-8(7(2)3)12-14-10/h4-7H,1-3H3,(H,11,13). The number of nitrogens with one attached hydrogen (secondary N) is 1.